The number of carbonyl (C=O) groups is 2. The number of amides is 1. The zero-order valence-corrected chi connectivity index (χ0v) is 16.8. The standard InChI is InChI=1S/C16H26N4O3.C2H5Cl/c1-18(2)13-5-9-20(10-6-13)15(21)4-3-14-17-8-12-19(14)11-7-16(22)23;1-2-3/h8,12-13H,3-7,9-11H2,1-2H3,(H,22,23);2H2,1H3. The number of aliphatic carboxylic acids is 1. The second kappa shape index (κ2) is 11.9. The van der Waals surface area contributed by atoms with Crippen LogP contribution in [0, 0.1) is 0 Å². The first-order chi connectivity index (χ1) is 12.4. The van der Waals surface area contributed by atoms with Crippen LogP contribution in [0.4, 0.5) is 0 Å². The van der Waals surface area contributed by atoms with Crippen LogP contribution in [0.2, 0.25) is 0 Å². The molecule has 1 aromatic rings. The number of likely N-dealkylation sites (tertiary alicyclic amines) is 1. The zero-order chi connectivity index (χ0) is 19.5. The predicted octanol–water partition coefficient (Wildman–Crippen LogP) is 2.09. The molecular weight excluding hydrogens is 356 g/mol. The smallest absolute Gasteiger partial charge is 0.305 e. The van der Waals surface area contributed by atoms with Gasteiger partial charge in [0.1, 0.15) is 5.82 Å². The van der Waals surface area contributed by atoms with Crippen molar-refractivity contribution in [1.29, 1.82) is 0 Å². The number of halogens is 1. The first-order valence-electron chi connectivity index (χ1n) is 9.11. The fraction of sp³-hybridized carbons (Fsp3) is 0.722. The van der Waals surface area contributed by atoms with Crippen LogP contribution >= 0.6 is 11.6 Å². The third kappa shape index (κ3) is 7.74. The minimum absolute atomic E-state index is 0.0648. The maximum absolute atomic E-state index is 12.3. The Morgan fingerprint density at radius 2 is 1.92 bits per heavy atom. The number of carboxylic acid groups (broad SMARTS) is 1. The first-order valence-corrected chi connectivity index (χ1v) is 9.64. The Morgan fingerprint density at radius 1 is 1.31 bits per heavy atom. The Morgan fingerprint density at radius 3 is 2.46 bits per heavy atom. The summed E-state index contributed by atoms with van der Waals surface area (Å²) in [5, 5.41) is 8.75. The molecule has 0 unspecified atom stereocenters. The summed E-state index contributed by atoms with van der Waals surface area (Å²) in [4.78, 5) is 31.4. The van der Waals surface area contributed by atoms with E-state index in [4.69, 9.17) is 16.7 Å². The Bertz CT molecular complexity index is 554. The molecule has 8 heteroatoms. The van der Waals surface area contributed by atoms with E-state index in [-0.39, 0.29) is 12.3 Å². The normalized spacial score (nSPS) is 14.9. The highest BCUT2D eigenvalue weighted by Gasteiger charge is 2.23. The quantitative estimate of drug-likeness (QED) is 0.726. The lowest BCUT2D eigenvalue weighted by Gasteiger charge is -2.35. The van der Waals surface area contributed by atoms with Gasteiger partial charge in [-0.2, -0.15) is 0 Å². The van der Waals surface area contributed by atoms with Gasteiger partial charge in [-0.15, -0.1) is 11.6 Å². The van der Waals surface area contributed by atoms with Gasteiger partial charge in [0.05, 0.1) is 6.42 Å². The third-order valence-electron chi connectivity index (χ3n) is 4.48. The molecule has 0 bridgehead atoms. The van der Waals surface area contributed by atoms with Crippen molar-refractivity contribution in [1.82, 2.24) is 19.4 Å². The molecule has 1 aromatic heterocycles. The molecule has 7 nitrogen and oxygen atoms in total. The number of alkyl halides is 1. The maximum Gasteiger partial charge on any atom is 0.305 e. The lowest BCUT2D eigenvalue weighted by Crippen LogP contribution is -2.44. The summed E-state index contributed by atoms with van der Waals surface area (Å²) >= 11 is 5.00. The number of hydrogen-bond acceptors (Lipinski definition) is 4. The van der Waals surface area contributed by atoms with Gasteiger partial charge in [-0.25, -0.2) is 4.98 Å². The number of carbonyl (C=O) groups excluding carboxylic acids is 1. The number of aryl methyl sites for hydroxylation is 2. The largest absolute Gasteiger partial charge is 0.481 e. The lowest BCUT2D eigenvalue weighted by atomic mass is 10.0. The zero-order valence-electron chi connectivity index (χ0n) is 16.0. The highest BCUT2D eigenvalue weighted by atomic mass is 35.5. The van der Waals surface area contributed by atoms with Gasteiger partial charge in [0.25, 0.3) is 0 Å². The van der Waals surface area contributed by atoms with Crippen LogP contribution in [-0.4, -0.2) is 75.4 Å². The van der Waals surface area contributed by atoms with Crippen LogP contribution in [-0.2, 0) is 22.6 Å². The predicted molar refractivity (Wildman–Crippen MR) is 102 cm³/mol. The molecule has 0 atom stereocenters. The van der Waals surface area contributed by atoms with E-state index in [0.717, 1.165) is 37.6 Å². The number of aromatic nitrogens is 2. The molecule has 1 fully saturated rings. The van der Waals surface area contributed by atoms with Crippen LogP contribution in [0.3, 0.4) is 0 Å². The molecule has 2 rings (SSSR count). The fourth-order valence-electron chi connectivity index (χ4n) is 3.00. The van der Waals surface area contributed by atoms with E-state index in [2.05, 4.69) is 24.0 Å². The number of imidazole rings is 1. The fourth-order valence-corrected chi connectivity index (χ4v) is 3.00. The van der Waals surface area contributed by atoms with Crippen molar-refractivity contribution in [3.05, 3.63) is 18.2 Å². The molecule has 148 valence electrons. The third-order valence-corrected chi connectivity index (χ3v) is 4.48. The minimum atomic E-state index is -0.829. The Labute approximate surface area is 160 Å². The topological polar surface area (TPSA) is 78.7 Å². The second-order valence-corrected chi connectivity index (χ2v) is 7.06. The molecule has 1 saturated heterocycles. The van der Waals surface area contributed by atoms with E-state index in [1.807, 2.05) is 16.4 Å². The summed E-state index contributed by atoms with van der Waals surface area (Å²) in [7, 11) is 4.16. The molecule has 0 saturated carbocycles. The summed E-state index contributed by atoms with van der Waals surface area (Å²) in [6, 6.07) is 0.564. The minimum Gasteiger partial charge on any atom is -0.481 e. The Hall–Kier alpha value is -1.60. The molecule has 1 amide bonds. The van der Waals surface area contributed by atoms with Gasteiger partial charge in [-0.05, 0) is 26.9 Å². The molecule has 1 aliphatic heterocycles. The molecule has 0 aromatic carbocycles. The van der Waals surface area contributed by atoms with Crippen molar-refractivity contribution in [3.63, 3.8) is 0 Å². The van der Waals surface area contributed by atoms with Gasteiger partial charge >= 0.3 is 5.97 Å². The summed E-state index contributed by atoms with van der Waals surface area (Å²) in [5.74, 6) is 0.835. The molecule has 1 aliphatic rings. The van der Waals surface area contributed by atoms with Gasteiger partial charge in [-0.1, -0.05) is 6.92 Å². The highest BCUT2D eigenvalue weighted by Crippen LogP contribution is 2.15. The van der Waals surface area contributed by atoms with Crippen LogP contribution < -0.4 is 0 Å². The number of hydrogen-bond donors (Lipinski definition) is 1. The van der Waals surface area contributed by atoms with Crippen LogP contribution in [0.1, 0.15) is 38.4 Å². The van der Waals surface area contributed by atoms with Crippen LogP contribution in [0.25, 0.3) is 0 Å². The maximum atomic E-state index is 12.3. The molecule has 26 heavy (non-hydrogen) atoms. The molecule has 0 spiro atoms. The van der Waals surface area contributed by atoms with Gasteiger partial charge in [0.2, 0.25) is 5.91 Å². The summed E-state index contributed by atoms with van der Waals surface area (Å²) < 4.78 is 1.82. The first kappa shape index (κ1) is 22.4. The van der Waals surface area contributed by atoms with E-state index >= 15 is 0 Å². The number of nitrogens with zero attached hydrogens (tertiary/aromatic N) is 4. The van der Waals surface area contributed by atoms with E-state index < -0.39 is 5.97 Å². The van der Waals surface area contributed by atoms with E-state index in [1.54, 1.807) is 12.4 Å². The average molecular weight is 387 g/mol. The van der Waals surface area contributed by atoms with Gasteiger partial charge < -0.3 is 19.5 Å². The van der Waals surface area contributed by atoms with Gasteiger partial charge in [0.15, 0.2) is 0 Å². The van der Waals surface area contributed by atoms with Gasteiger partial charge in [0, 0.05) is 56.8 Å². The Kier molecular flexibility index (Phi) is 10.3. The van der Waals surface area contributed by atoms with Crippen molar-refractivity contribution < 1.29 is 14.7 Å². The van der Waals surface area contributed by atoms with Crippen molar-refractivity contribution in [2.75, 3.05) is 33.1 Å². The molecule has 2 heterocycles. The SMILES string of the molecule is CCCl.CN(C)C1CCN(C(=O)CCc2nccn2CCC(=O)O)CC1. The number of rotatable bonds is 7. The molecule has 0 radical (unpaired) electrons. The van der Waals surface area contributed by atoms with Gasteiger partial charge in [-0.3, -0.25) is 9.59 Å². The molecular formula is C18H31ClN4O3. The summed E-state index contributed by atoms with van der Waals surface area (Å²) in [6.07, 6.45) is 6.51. The van der Waals surface area contributed by atoms with Crippen LogP contribution in [0.15, 0.2) is 12.4 Å². The van der Waals surface area contributed by atoms with Crippen LogP contribution in [0.5, 0.6) is 0 Å². The molecule has 0 aliphatic carbocycles. The van der Waals surface area contributed by atoms with Crippen molar-refractivity contribution in [2.24, 2.45) is 0 Å². The second-order valence-electron chi connectivity index (χ2n) is 6.52. The number of carboxylic acids is 1. The van der Waals surface area contributed by atoms with E-state index in [0.29, 0.717) is 25.4 Å². The summed E-state index contributed by atoms with van der Waals surface area (Å²) in [5.41, 5.74) is 0. The van der Waals surface area contributed by atoms with Crippen molar-refractivity contribution in [2.45, 2.75) is 51.6 Å². The summed E-state index contributed by atoms with van der Waals surface area (Å²) in [6.45, 7) is 3.92. The monoisotopic (exact) mass is 386 g/mol. The van der Waals surface area contributed by atoms with Crippen molar-refractivity contribution >= 4 is 23.5 Å². The number of piperidine rings is 1. The van der Waals surface area contributed by atoms with E-state index in [9.17, 15) is 9.59 Å². The lowest BCUT2D eigenvalue weighted by molar-refractivity contribution is -0.137. The average Bonchev–Trinajstić information content (AvgIpc) is 3.06. The molecule has 1 N–H and O–H groups in total. The Balaban J connectivity index is 0.00000105. The highest BCUT2D eigenvalue weighted by molar-refractivity contribution is 6.17. The van der Waals surface area contributed by atoms with Crippen molar-refractivity contribution in [3.8, 4) is 0 Å². The van der Waals surface area contributed by atoms with E-state index in [1.165, 1.54) is 0 Å².